The van der Waals surface area contributed by atoms with Crippen LogP contribution in [0.25, 0.3) is 0 Å². The zero-order chi connectivity index (χ0) is 17.0. The monoisotopic (exact) mass is 339 g/mol. The van der Waals surface area contributed by atoms with Crippen LogP contribution in [0.1, 0.15) is 37.5 Å². The Balaban J connectivity index is 1.76. The first-order valence-electron chi connectivity index (χ1n) is 8.43. The first-order valence-corrected chi connectivity index (χ1v) is 9.41. The van der Waals surface area contributed by atoms with E-state index in [2.05, 4.69) is 66.0 Å². The third kappa shape index (κ3) is 4.38. The fraction of sp³-hybridized carbons (Fsp3) is 0.400. The van der Waals surface area contributed by atoms with Crippen molar-refractivity contribution in [2.45, 2.75) is 39.3 Å². The Labute approximate surface area is 149 Å². The molecule has 0 N–H and O–H groups in total. The molecule has 1 aromatic carbocycles. The Morgan fingerprint density at radius 1 is 1.04 bits per heavy atom. The third-order valence-corrected chi connectivity index (χ3v) is 5.16. The number of hydrogen-bond donors (Lipinski definition) is 0. The SMILES string of the molecule is CC(C)(C)c1ccc(CN(Cc2cccnc2)C2=NCCS2)cc1. The molecule has 0 spiro atoms. The molecule has 0 unspecified atom stereocenters. The Hall–Kier alpha value is -1.81. The summed E-state index contributed by atoms with van der Waals surface area (Å²) in [6.45, 7) is 9.40. The van der Waals surface area contributed by atoms with Gasteiger partial charge in [0, 0.05) is 31.2 Å². The van der Waals surface area contributed by atoms with Gasteiger partial charge in [0.15, 0.2) is 5.17 Å². The van der Waals surface area contributed by atoms with Crippen LogP contribution in [0.4, 0.5) is 0 Å². The van der Waals surface area contributed by atoms with Gasteiger partial charge in [-0.2, -0.15) is 0 Å². The van der Waals surface area contributed by atoms with Crippen LogP contribution < -0.4 is 0 Å². The van der Waals surface area contributed by atoms with Crippen molar-refractivity contribution >= 4 is 16.9 Å². The van der Waals surface area contributed by atoms with Crippen LogP contribution in [0, 0.1) is 0 Å². The minimum atomic E-state index is 0.194. The van der Waals surface area contributed by atoms with Crippen molar-refractivity contribution < 1.29 is 0 Å². The van der Waals surface area contributed by atoms with Crippen molar-refractivity contribution in [3.8, 4) is 0 Å². The second-order valence-corrected chi connectivity index (χ2v) is 8.24. The number of hydrogen-bond acceptors (Lipinski definition) is 4. The molecule has 3 rings (SSSR count). The number of pyridine rings is 1. The minimum absolute atomic E-state index is 0.194. The summed E-state index contributed by atoms with van der Waals surface area (Å²) < 4.78 is 0. The lowest BCUT2D eigenvalue weighted by Crippen LogP contribution is -2.27. The predicted octanol–water partition coefficient (Wildman–Crippen LogP) is 4.48. The average Bonchev–Trinajstić information content (AvgIpc) is 3.09. The summed E-state index contributed by atoms with van der Waals surface area (Å²) in [6, 6.07) is 13.1. The lowest BCUT2D eigenvalue weighted by atomic mass is 9.87. The Bertz CT molecular complexity index is 687. The first-order chi connectivity index (χ1) is 11.5. The van der Waals surface area contributed by atoms with Crippen molar-refractivity contribution in [2.24, 2.45) is 4.99 Å². The van der Waals surface area contributed by atoms with Crippen LogP contribution in [-0.2, 0) is 18.5 Å². The van der Waals surface area contributed by atoms with Gasteiger partial charge in [-0.1, -0.05) is 62.9 Å². The maximum Gasteiger partial charge on any atom is 0.159 e. The van der Waals surface area contributed by atoms with Gasteiger partial charge in [-0.25, -0.2) is 0 Å². The lowest BCUT2D eigenvalue weighted by Gasteiger charge is -2.25. The van der Waals surface area contributed by atoms with Crippen LogP contribution >= 0.6 is 11.8 Å². The summed E-state index contributed by atoms with van der Waals surface area (Å²) in [4.78, 5) is 11.3. The smallest absolute Gasteiger partial charge is 0.159 e. The van der Waals surface area contributed by atoms with Gasteiger partial charge in [0.05, 0.1) is 6.54 Å². The van der Waals surface area contributed by atoms with E-state index in [1.807, 2.05) is 30.2 Å². The highest BCUT2D eigenvalue weighted by molar-refractivity contribution is 8.14. The molecule has 0 radical (unpaired) electrons. The standard InChI is InChI=1S/C20H25N3S/c1-20(2,3)18-8-6-16(7-9-18)14-23(19-22-11-12-24-19)15-17-5-4-10-21-13-17/h4-10,13H,11-12,14-15H2,1-3H3. The normalized spacial score (nSPS) is 14.5. The van der Waals surface area contributed by atoms with Crippen molar-refractivity contribution in [1.29, 1.82) is 0 Å². The Kier molecular flexibility index (Phi) is 5.24. The van der Waals surface area contributed by atoms with Gasteiger partial charge in [-0.15, -0.1) is 0 Å². The van der Waals surface area contributed by atoms with Crippen molar-refractivity contribution in [2.75, 3.05) is 12.3 Å². The predicted molar refractivity (Wildman–Crippen MR) is 103 cm³/mol. The van der Waals surface area contributed by atoms with Gasteiger partial charge >= 0.3 is 0 Å². The van der Waals surface area contributed by atoms with Crippen molar-refractivity contribution in [1.82, 2.24) is 9.88 Å². The van der Waals surface area contributed by atoms with Crippen LogP contribution in [0.2, 0.25) is 0 Å². The second kappa shape index (κ2) is 7.39. The van der Waals surface area contributed by atoms with E-state index < -0.39 is 0 Å². The van der Waals surface area contributed by atoms with Crippen molar-refractivity contribution in [3.05, 3.63) is 65.5 Å². The summed E-state index contributed by atoms with van der Waals surface area (Å²) in [7, 11) is 0. The Morgan fingerprint density at radius 3 is 2.38 bits per heavy atom. The van der Waals surface area contributed by atoms with E-state index >= 15 is 0 Å². The molecule has 0 amide bonds. The summed E-state index contributed by atoms with van der Waals surface area (Å²) in [5.74, 6) is 1.09. The van der Waals surface area contributed by atoms with Gasteiger partial charge in [-0.3, -0.25) is 9.98 Å². The maximum atomic E-state index is 4.67. The number of rotatable bonds is 4. The second-order valence-electron chi connectivity index (χ2n) is 7.18. The molecule has 0 saturated heterocycles. The molecule has 0 atom stereocenters. The summed E-state index contributed by atoms with van der Waals surface area (Å²) in [5.41, 5.74) is 4.11. The molecule has 0 fully saturated rings. The Morgan fingerprint density at radius 2 is 1.79 bits per heavy atom. The van der Waals surface area contributed by atoms with Gasteiger partial charge in [0.1, 0.15) is 0 Å². The molecule has 0 saturated carbocycles. The number of thioether (sulfide) groups is 1. The highest BCUT2D eigenvalue weighted by Gasteiger charge is 2.18. The molecule has 2 aromatic rings. The maximum absolute atomic E-state index is 4.67. The van der Waals surface area contributed by atoms with E-state index in [1.165, 1.54) is 16.7 Å². The van der Waals surface area contributed by atoms with Crippen LogP contribution in [0.5, 0.6) is 0 Å². The van der Waals surface area contributed by atoms with Crippen molar-refractivity contribution in [3.63, 3.8) is 0 Å². The van der Waals surface area contributed by atoms with Gasteiger partial charge in [0.2, 0.25) is 0 Å². The molecule has 1 aliphatic heterocycles. The highest BCUT2D eigenvalue weighted by atomic mass is 32.2. The van der Waals surface area contributed by atoms with Crippen LogP contribution in [-0.4, -0.2) is 27.3 Å². The average molecular weight is 340 g/mol. The third-order valence-electron chi connectivity index (χ3n) is 4.13. The van der Waals surface area contributed by atoms with Crippen LogP contribution in [0.15, 0.2) is 53.8 Å². The zero-order valence-electron chi connectivity index (χ0n) is 14.7. The quantitative estimate of drug-likeness (QED) is 0.822. The fourth-order valence-corrected chi connectivity index (χ4v) is 3.61. The van der Waals surface area contributed by atoms with E-state index in [0.717, 1.165) is 30.6 Å². The summed E-state index contributed by atoms with van der Waals surface area (Å²) >= 11 is 1.85. The number of aromatic nitrogens is 1. The van der Waals surface area contributed by atoms with E-state index in [-0.39, 0.29) is 5.41 Å². The number of aliphatic imine (C=N–C) groups is 1. The largest absolute Gasteiger partial charge is 0.343 e. The van der Waals surface area contributed by atoms with E-state index in [4.69, 9.17) is 0 Å². The number of nitrogens with zero attached hydrogens (tertiary/aromatic N) is 3. The number of benzene rings is 1. The van der Waals surface area contributed by atoms with Crippen LogP contribution in [0.3, 0.4) is 0 Å². The molecule has 24 heavy (non-hydrogen) atoms. The first kappa shape index (κ1) is 17.0. The van der Waals surface area contributed by atoms with Gasteiger partial charge in [-0.05, 0) is 28.2 Å². The minimum Gasteiger partial charge on any atom is -0.343 e. The summed E-state index contributed by atoms with van der Waals surface area (Å²) in [5, 5.41) is 1.15. The highest BCUT2D eigenvalue weighted by Crippen LogP contribution is 2.24. The van der Waals surface area contributed by atoms with E-state index in [9.17, 15) is 0 Å². The molecule has 1 aliphatic rings. The molecule has 3 nitrogen and oxygen atoms in total. The summed E-state index contributed by atoms with van der Waals surface area (Å²) in [6.07, 6.45) is 3.76. The molecule has 126 valence electrons. The number of amidine groups is 1. The molecule has 2 heterocycles. The van der Waals surface area contributed by atoms with Gasteiger partial charge < -0.3 is 4.90 Å². The molecule has 0 bridgehead atoms. The van der Waals surface area contributed by atoms with E-state index in [1.54, 1.807) is 0 Å². The topological polar surface area (TPSA) is 28.5 Å². The molecular weight excluding hydrogens is 314 g/mol. The molecule has 4 heteroatoms. The van der Waals surface area contributed by atoms with E-state index in [0.29, 0.717) is 0 Å². The lowest BCUT2D eigenvalue weighted by molar-refractivity contribution is 0.414. The van der Waals surface area contributed by atoms with Gasteiger partial charge in [0.25, 0.3) is 0 Å². The molecule has 0 aliphatic carbocycles. The zero-order valence-corrected chi connectivity index (χ0v) is 15.5. The fourth-order valence-electron chi connectivity index (χ4n) is 2.75. The molecular formula is C20H25N3S. The molecule has 1 aromatic heterocycles.